The van der Waals surface area contributed by atoms with Gasteiger partial charge in [0.2, 0.25) is 0 Å². The number of benzene rings is 3. The number of ether oxygens (including phenoxy) is 5. The number of rotatable bonds is 12. The van der Waals surface area contributed by atoms with Crippen LogP contribution in [0.1, 0.15) is 29.0 Å². The number of hydrogen-bond donors (Lipinski definition) is 1. The Hall–Kier alpha value is -7.56. The number of aryl methyl sites for hydroxylation is 4. The molecule has 0 aliphatic carbocycles. The van der Waals surface area contributed by atoms with Gasteiger partial charge in [-0.15, -0.1) is 0 Å². The summed E-state index contributed by atoms with van der Waals surface area (Å²) in [5.41, 5.74) is -0.752. The van der Waals surface area contributed by atoms with Crippen molar-refractivity contribution in [3.8, 4) is 34.5 Å². The molecule has 0 fully saturated rings. The van der Waals surface area contributed by atoms with E-state index in [2.05, 4.69) is 25.9 Å². The van der Waals surface area contributed by atoms with Crippen molar-refractivity contribution in [2.45, 2.75) is 51.1 Å². The summed E-state index contributed by atoms with van der Waals surface area (Å²) in [6, 6.07) is 7.62. The van der Waals surface area contributed by atoms with Crippen LogP contribution >= 0.6 is 15.9 Å². The normalized spacial score (nSPS) is 15.3. The maximum Gasteiger partial charge on any atom is 0.348 e. The summed E-state index contributed by atoms with van der Waals surface area (Å²) in [5, 5.41) is 10.8. The Bertz CT molecular complexity index is 3590. The minimum Gasteiger partial charge on any atom is -0.503 e. The van der Waals surface area contributed by atoms with Crippen molar-refractivity contribution in [2.24, 2.45) is 14.1 Å². The fourth-order valence-electron chi connectivity index (χ4n) is 9.02. The minimum atomic E-state index is -1.05. The highest BCUT2D eigenvalue weighted by Crippen LogP contribution is 2.43. The summed E-state index contributed by atoms with van der Waals surface area (Å²) in [6.07, 6.45) is 1.55. The van der Waals surface area contributed by atoms with Gasteiger partial charge in [-0.3, -0.25) is 9.59 Å². The van der Waals surface area contributed by atoms with Crippen LogP contribution in [0.2, 0.25) is 0 Å². The Morgan fingerprint density at radius 3 is 1.59 bits per heavy atom. The second-order valence-corrected chi connectivity index (χ2v) is 16.6. The van der Waals surface area contributed by atoms with Crippen LogP contribution in [-0.4, -0.2) is 87.6 Å². The molecule has 0 unspecified atom stereocenters. The summed E-state index contributed by atoms with van der Waals surface area (Å²) < 4.78 is 37.2. The van der Waals surface area contributed by atoms with Crippen LogP contribution in [0.5, 0.6) is 34.5 Å². The number of methoxy groups -OCH3 is 5. The zero-order chi connectivity index (χ0) is 47.0. The van der Waals surface area contributed by atoms with Crippen LogP contribution < -0.4 is 57.6 Å². The number of halogens is 1. The SMILES string of the molecule is COc1cc2nc(CCn3c(=O)n4n(c3=O)[C@@H]3Cn5c(=O)n(CCc6nc7cc(OC)c(OC)cc7n(C)c6=O)c(=O)n5[C@@H](c5cc(Br)c(O)c(OC)c5)C3=CC4)c(=O)n(C)c2cc1OC. The van der Waals surface area contributed by atoms with E-state index < -0.39 is 46.0 Å². The van der Waals surface area contributed by atoms with E-state index in [1.54, 1.807) is 50.5 Å². The summed E-state index contributed by atoms with van der Waals surface area (Å²) in [5.74, 6) is 1.48. The Morgan fingerprint density at radius 2 is 1.09 bits per heavy atom. The van der Waals surface area contributed by atoms with Crippen LogP contribution in [0.25, 0.3) is 22.1 Å². The van der Waals surface area contributed by atoms with E-state index in [-0.39, 0.29) is 66.4 Å². The number of aromatic hydroxyl groups is 1. The maximum atomic E-state index is 14.6. The topological polar surface area (TPSA) is 234 Å². The van der Waals surface area contributed by atoms with Crippen LogP contribution in [0.4, 0.5) is 0 Å². The molecule has 9 rings (SSSR count). The first kappa shape index (κ1) is 43.7. The monoisotopic (exact) mass is 970 g/mol. The molecule has 23 heteroatoms. The average molecular weight is 972 g/mol. The lowest BCUT2D eigenvalue weighted by Crippen LogP contribution is -2.47. The Balaban J connectivity index is 1.12. The predicted molar refractivity (Wildman–Crippen MR) is 241 cm³/mol. The van der Waals surface area contributed by atoms with Gasteiger partial charge in [0.15, 0.2) is 34.5 Å². The molecule has 22 nitrogen and oxygen atoms in total. The predicted octanol–water partition coefficient (Wildman–Crippen LogP) is 1.21. The van der Waals surface area contributed by atoms with Gasteiger partial charge in [0.25, 0.3) is 11.1 Å². The number of phenolic OH excluding ortho intramolecular Hbond substituents is 1. The summed E-state index contributed by atoms with van der Waals surface area (Å²) in [4.78, 5) is 94.0. The van der Waals surface area contributed by atoms with Crippen LogP contribution in [0, 0.1) is 0 Å². The Labute approximate surface area is 380 Å². The third-order valence-corrected chi connectivity index (χ3v) is 13.0. The second kappa shape index (κ2) is 16.5. The van der Waals surface area contributed by atoms with Crippen molar-refractivity contribution in [3.63, 3.8) is 0 Å². The highest BCUT2D eigenvalue weighted by Gasteiger charge is 2.42. The first-order valence-corrected chi connectivity index (χ1v) is 21.3. The number of fused-ring (bicyclic) bond motifs is 6. The molecule has 0 bridgehead atoms. The van der Waals surface area contributed by atoms with E-state index in [9.17, 15) is 33.9 Å². The third-order valence-electron chi connectivity index (χ3n) is 12.4. The molecule has 1 N–H and O–H groups in total. The van der Waals surface area contributed by atoms with Gasteiger partial charge in [0, 0.05) is 64.3 Å². The van der Waals surface area contributed by atoms with Crippen molar-refractivity contribution in [1.82, 2.24) is 47.0 Å². The molecule has 2 aliphatic heterocycles. The van der Waals surface area contributed by atoms with Crippen molar-refractivity contribution >= 4 is 38.0 Å². The van der Waals surface area contributed by atoms with Gasteiger partial charge in [0.1, 0.15) is 17.4 Å². The summed E-state index contributed by atoms with van der Waals surface area (Å²) in [7, 11) is 10.4. The lowest BCUT2D eigenvalue weighted by molar-refractivity contribution is 0.245. The van der Waals surface area contributed by atoms with Gasteiger partial charge in [-0.05, 0) is 39.2 Å². The first-order chi connectivity index (χ1) is 31.6. The van der Waals surface area contributed by atoms with Gasteiger partial charge in [0.05, 0.1) is 81.2 Å². The van der Waals surface area contributed by atoms with Crippen molar-refractivity contribution in [3.05, 3.63) is 132 Å². The zero-order valence-electron chi connectivity index (χ0n) is 36.7. The molecular weight excluding hydrogens is 928 g/mol. The summed E-state index contributed by atoms with van der Waals surface area (Å²) >= 11 is 3.38. The van der Waals surface area contributed by atoms with Crippen molar-refractivity contribution < 1.29 is 28.8 Å². The van der Waals surface area contributed by atoms with Crippen molar-refractivity contribution in [2.75, 3.05) is 35.5 Å². The number of aromatic nitrogens is 10. The largest absolute Gasteiger partial charge is 0.503 e. The quantitative estimate of drug-likeness (QED) is 0.170. The van der Waals surface area contributed by atoms with Crippen molar-refractivity contribution in [1.29, 1.82) is 0 Å². The van der Waals surface area contributed by atoms with Gasteiger partial charge in [-0.2, -0.15) is 0 Å². The molecule has 344 valence electrons. The molecule has 2 aliphatic rings. The van der Waals surface area contributed by atoms with E-state index in [1.165, 1.54) is 69.5 Å². The van der Waals surface area contributed by atoms with E-state index in [0.29, 0.717) is 56.2 Å². The summed E-state index contributed by atoms with van der Waals surface area (Å²) in [6.45, 7) is -0.763. The number of nitrogens with zero attached hydrogens (tertiary/aromatic N) is 10. The minimum absolute atomic E-state index is 0.0676. The molecule has 6 heterocycles. The molecule has 0 saturated heterocycles. The number of allylic oxidation sites excluding steroid dienone is 2. The van der Waals surface area contributed by atoms with E-state index >= 15 is 0 Å². The maximum absolute atomic E-state index is 14.6. The van der Waals surface area contributed by atoms with Gasteiger partial charge < -0.3 is 37.9 Å². The first-order valence-electron chi connectivity index (χ1n) is 20.5. The standard InChI is InChI=1S/C43H43BrN10O12/c1-47-28-18-33(64-5)31(62-3)16-26(28)45-24(38(47)56)9-11-49-40(58)51-13-8-22-30(53(51)42(49)60)20-52-41(59)50(43(61)54(52)36(22)21-14-23(44)37(55)35(15-21)66-7)12-10-25-39(57)48(2)29-19-34(65-6)32(63-4)17-27(29)46-25/h8,14-19,30,36,55H,9-13,20H2,1-7H3/t30-,36+/m1/s1. The van der Waals surface area contributed by atoms with Crippen LogP contribution in [0.3, 0.4) is 0 Å². The molecule has 0 amide bonds. The number of hydrogen-bond acceptors (Lipinski definition) is 14. The van der Waals surface area contributed by atoms with Gasteiger partial charge in [-0.25, -0.2) is 57.0 Å². The molecular formula is C43H43BrN10O12. The highest BCUT2D eigenvalue weighted by atomic mass is 79.9. The Morgan fingerprint density at radius 1 is 0.621 bits per heavy atom. The Kier molecular flexibility index (Phi) is 10.9. The van der Waals surface area contributed by atoms with Gasteiger partial charge in [-0.1, -0.05) is 6.08 Å². The van der Waals surface area contributed by atoms with E-state index in [1.807, 2.05) is 0 Å². The number of phenols is 1. The highest BCUT2D eigenvalue weighted by molar-refractivity contribution is 9.10. The zero-order valence-corrected chi connectivity index (χ0v) is 38.3. The lowest BCUT2D eigenvalue weighted by Gasteiger charge is -2.37. The fourth-order valence-corrected chi connectivity index (χ4v) is 9.48. The molecule has 7 aromatic rings. The molecule has 2 atom stereocenters. The van der Waals surface area contributed by atoms with Crippen LogP contribution in [0.15, 0.2) is 81.3 Å². The second-order valence-electron chi connectivity index (χ2n) is 15.7. The molecule has 66 heavy (non-hydrogen) atoms. The molecule has 0 radical (unpaired) electrons. The van der Waals surface area contributed by atoms with E-state index in [4.69, 9.17) is 23.7 Å². The molecule has 0 saturated carbocycles. The third kappa shape index (κ3) is 6.66. The molecule has 0 spiro atoms. The van der Waals surface area contributed by atoms with E-state index in [0.717, 1.165) is 9.13 Å². The lowest BCUT2D eigenvalue weighted by atomic mass is 9.90. The molecule has 4 aromatic heterocycles. The van der Waals surface area contributed by atoms with Gasteiger partial charge >= 0.3 is 22.8 Å². The fraction of sp³-hybridized carbons (Fsp3) is 0.349. The smallest absolute Gasteiger partial charge is 0.348 e. The average Bonchev–Trinajstić information content (AvgIpc) is 3.71. The molecule has 3 aromatic carbocycles. The van der Waals surface area contributed by atoms with Crippen LogP contribution in [-0.2, 0) is 53.1 Å².